The largest absolute Gasteiger partial charge is 0.390 e. The van der Waals surface area contributed by atoms with Crippen LogP contribution in [0, 0.1) is 0 Å². The molecular formula is C15H16BrN3S. The molecule has 0 aliphatic carbocycles. The number of aryl methyl sites for hydroxylation is 2. The molecule has 0 radical (unpaired) electrons. The molecule has 2 N–H and O–H groups in total. The Balaban J connectivity index is 2.26. The van der Waals surface area contributed by atoms with Crippen LogP contribution in [0.15, 0.2) is 28.7 Å². The van der Waals surface area contributed by atoms with Gasteiger partial charge in [-0.1, -0.05) is 22.9 Å². The van der Waals surface area contributed by atoms with Gasteiger partial charge in [-0.15, -0.1) is 11.3 Å². The Hall–Kier alpha value is -1.33. The number of halogens is 1. The van der Waals surface area contributed by atoms with Crippen molar-refractivity contribution in [2.45, 2.75) is 26.8 Å². The normalized spacial score (nSPS) is 11.3. The minimum absolute atomic E-state index is 0.853. The summed E-state index contributed by atoms with van der Waals surface area (Å²) in [5, 5.41) is 0.853. The number of imidazole rings is 1. The minimum atomic E-state index is 0.853. The van der Waals surface area contributed by atoms with Crippen LogP contribution in [-0.4, -0.2) is 9.55 Å². The average Bonchev–Trinajstić information content (AvgIpc) is 2.97. The van der Waals surface area contributed by atoms with Crippen LogP contribution in [0.4, 0.5) is 5.00 Å². The Morgan fingerprint density at radius 2 is 2.10 bits per heavy atom. The van der Waals surface area contributed by atoms with Gasteiger partial charge in [-0.25, -0.2) is 4.98 Å². The molecule has 0 unspecified atom stereocenters. The Morgan fingerprint density at radius 3 is 2.75 bits per heavy atom. The first-order valence-electron chi connectivity index (χ1n) is 6.68. The number of nitrogen functional groups attached to an aromatic ring is 1. The summed E-state index contributed by atoms with van der Waals surface area (Å²) in [7, 11) is 0. The molecule has 0 bridgehead atoms. The molecule has 0 fully saturated rings. The molecule has 104 valence electrons. The van der Waals surface area contributed by atoms with Crippen LogP contribution in [0.1, 0.15) is 18.7 Å². The van der Waals surface area contributed by atoms with Gasteiger partial charge in [-0.05, 0) is 37.6 Å². The van der Waals surface area contributed by atoms with Crippen LogP contribution in [-0.2, 0) is 13.0 Å². The number of benzene rings is 1. The summed E-state index contributed by atoms with van der Waals surface area (Å²) in [6.07, 6.45) is 1.01. The van der Waals surface area contributed by atoms with Gasteiger partial charge in [0, 0.05) is 15.9 Å². The highest BCUT2D eigenvalue weighted by Gasteiger charge is 2.16. The zero-order chi connectivity index (χ0) is 14.3. The number of nitrogens with zero attached hydrogens (tertiary/aromatic N) is 2. The van der Waals surface area contributed by atoms with Gasteiger partial charge in [0.25, 0.3) is 0 Å². The third kappa shape index (κ3) is 2.15. The molecule has 0 saturated carbocycles. The lowest BCUT2D eigenvalue weighted by Gasteiger charge is -2.05. The fourth-order valence-electron chi connectivity index (χ4n) is 2.44. The molecule has 1 aromatic carbocycles. The predicted octanol–water partition coefficient (Wildman–Crippen LogP) is 4.69. The number of hydrogen-bond acceptors (Lipinski definition) is 3. The molecule has 0 aliphatic rings. The van der Waals surface area contributed by atoms with Gasteiger partial charge in [0.05, 0.1) is 21.6 Å². The summed E-state index contributed by atoms with van der Waals surface area (Å²) < 4.78 is 3.27. The van der Waals surface area contributed by atoms with Crippen LogP contribution in [0.3, 0.4) is 0 Å². The molecule has 5 heteroatoms. The van der Waals surface area contributed by atoms with Crippen molar-refractivity contribution in [3.8, 4) is 11.4 Å². The highest BCUT2D eigenvalue weighted by atomic mass is 79.9. The SMILES string of the molecule is CCc1cc(-c2nc3cc(Br)ccc3n2CC)c(N)s1. The molecule has 3 rings (SSSR count). The van der Waals surface area contributed by atoms with Crippen molar-refractivity contribution >= 4 is 43.3 Å². The quantitative estimate of drug-likeness (QED) is 0.745. The number of thiophene rings is 1. The Bertz CT molecular complexity index is 773. The lowest BCUT2D eigenvalue weighted by molar-refractivity contribution is 0.797. The molecule has 0 saturated heterocycles. The van der Waals surface area contributed by atoms with E-state index in [0.717, 1.165) is 44.9 Å². The Kier molecular flexibility index (Phi) is 3.56. The molecule has 0 atom stereocenters. The van der Waals surface area contributed by atoms with Crippen LogP contribution in [0.25, 0.3) is 22.4 Å². The standard InChI is InChI=1S/C15H16BrN3S/c1-3-10-8-11(14(17)20-10)15-18-12-7-9(16)5-6-13(12)19(15)4-2/h5-8H,3-4,17H2,1-2H3. The van der Waals surface area contributed by atoms with Crippen molar-refractivity contribution < 1.29 is 0 Å². The van der Waals surface area contributed by atoms with Crippen molar-refractivity contribution in [1.29, 1.82) is 0 Å². The maximum Gasteiger partial charge on any atom is 0.144 e. The summed E-state index contributed by atoms with van der Waals surface area (Å²) in [5.74, 6) is 0.967. The van der Waals surface area contributed by atoms with Crippen LogP contribution in [0.5, 0.6) is 0 Å². The second-order valence-electron chi connectivity index (χ2n) is 4.66. The van der Waals surface area contributed by atoms with E-state index in [1.54, 1.807) is 11.3 Å². The second kappa shape index (κ2) is 5.22. The van der Waals surface area contributed by atoms with Crippen LogP contribution < -0.4 is 5.73 Å². The molecule has 20 heavy (non-hydrogen) atoms. The van der Waals surface area contributed by atoms with E-state index < -0.39 is 0 Å². The second-order valence-corrected chi connectivity index (χ2v) is 6.74. The van der Waals surface area contributed by atoms with Gasteiger partial charge >= 0.3 is 0 Å². The van der Waals surface area contributed by atoms with Crippen LogP contribution in [0.2, 0.25) is 0 Å². The van der Waals surface area contributed by atoms with Gasteiger partial charge in [0.15, 0.2) is 0 Å². The van der Waals surface area contributed by atoms with Crippen molar-refractivity contribution in [3.63, 3.8) is 0 Å². The minimum Gasteiger partial charge on any atom is -0.390 e. The zero-order valence-corrected chi connectivity index (χ0v) is 13.9. The fourth-order valence-corrected chi connectivity index (χ4v) is 3.65. The third-order valence-corrected chi connectivity index (χ3v) is 5.03. The molecular weight excluding hydrogens is 334 g/mol. The summed E-state index contributed by atoms with van der Waals surface area (Å²) in [4.78, 5) is 6.08. The highest BCUT2D eigenvalue weighted by Crippen LogP contribution is 2.35. The lowest BCUT2D eigenvalue weighted by atomic mass is 10.2. The number of rotatable bonds is 3. The maximum atomic E-state index is 6.18. The van der Waals surface area contributed by atoms with Crippen molar-refractivity contribution in [2.24, 2.45) is 0 Å². The summed E-state index contributed by atoms with van der Waals surface area (Å²) >= 11 is 5.16. The van der Waals surface area contributed by atoms with Gasteiger partial charge in [0.1, 0.15) is 5.82 Å². The third-order valence-electron chi connectivity index (χ3n) is 3.43. The Labute approximate surface area is 130 Å². The first-order chi connectivity index (χ1) is 9.63. The van der Waals surface area contributed by atoms with E-state index in [4.69, 9.17) is 10.7 Å². The number of hydrogen-bond donors (Lipinski definition) is 1. The Morgan fingerprint density at radius 1 is 1.30 bits per heavy atom. The molecule has 0 amide bonds. The van der Waals surface area contributed by atoms with E-state index in [1.165, 1.54) is 4.88 Å². The summed E-state index contributed by atoms with van der Waals surface area (Å²) in [5.41, 5.74) is 9.38. The number of anilines is 1. The van der Waals surface area contributed by atoms with Crippen molar-refractivity contribution in [1.82, 2.24) is 9.55 Å². The number of aromatic nitrogens is 2. The van der Waals surface area contributed by atoms with Gasteiger partial charge in [-0.3, -0.25) is 0 Å². The monoisotopic (exact) mass is 349 g/mol. The first kappa shape index (κ1) is 13.6. The summed E-state index contributed by atoms with van der Waals surface area (Å²) in [6.45, 7) is 5.16. The number of nitrogens with two attached hydrogens (primary N) is 1. The van der Waals surface area contributed by atoms with E-state index >= 15 is 0 Å². The molecule has 2 heterocycles. The van der Waals surface area contributed by atoms with Gasteiger partial charge < -0.3 is 10.3 Å². The van der Waals surface area contributed by atoms with Crippen LogP contribution >= 0.6 is 27.3 Å². The smallest absolute Gasteiger partial charge is 0.144 e. The van der Waals surface area contributed by atoms with Crippen molar-refractivity contribution in [3.05, 3.63) is 33.6 Å². The van der Waals surface area contributed by atoms with Gasteiger partial charge in [0.2, 0.25) is 0 Å². The topological polar surface area (TPSA) is 43.8 Å². The van der Waals surface area contributed by atoms with E-state index in [2.05, 4.69) is 52.5 Å². The molecule has 2 aromatic heterocycles. The van der Waals surface area contributed by atoms with E-state index in [9.17, 15) is 0 Å². The maximum absolute atomic E-state index is 6.18. The van der Waals surface area contributed by atoms with Gasteiger partial charge in [-0.2, -0.15) is 0 Å². The molecule has 3 nitrogen and oxygen atoms in total. The molecule has 0 aliphatic heterocycles. The highest BCUT2D eigenvalue weighted by molar-refractivity contribution is 9.10. The van der Waals surface area contributed by atoms with E-state index in [-0.39, 0.29) is 0 Å². The first-order valence-corrected chi connectivity index (χ1v) is 8.29. The summed E-state index contributed by atoms with van der Waals surface area (Å²) in [6, 6.07) is 8.37. The molecule has 0 spiro atoms. The molecule has 3 aromatic rings. The average molecular weight is 350 g/mol. The fraction of sp³-hybridized carbons (Fsp3) is 0.267. The lowest BCUT2D eigenvalue weighted by Crippen LogP contribution is -1.98. The predicted molar refractivity (Wildman–Crippen MR) is 90.2 cm³/mol. The van der Waals surface area contributed by atoms with Crippen molar-refractivity contribution in [2.75, 3.05) is 5.73 Å². The number of fused-ring (bicyclic) bond motifs is 1. The van der Waals surface area contributed by atoms with E-state index in [1.807, 2.05) is 6.07 Å². The zero-order valence-electron chi connectivity index (χ0n) is 11.5. The van der Waals surface area contributed by atoms with E-state index in [0.29, 0.717) is 0 Å².